The highest BCUT2D eigenvalue weighted by Gasteiger charge is 2.16. The second-order valence-corrected chi connectivity index (χ2v) is 6.81. The molecule has 1 aromatic carbocycles. The van der Waals surface area contributed by atoms with Crippen LogP contribution in [0.2, 0.25) is 0 Å². The van der Waals surface area contributed by atoms with E-state index < -0.39 is 0 Å². The Bertz CT molecular complexity index is 919. The second kappa shape index (κ2) is 6.70. The Morgan fingerprint density at radius 1 is 1.24 bits per heavy atom. The number of benzene rings is 1. The van der Waals surface area contributed by atoms with E-state index in [-0.39, 0.29) is 11.9 Å². The molecular weight excluding hydrogens is 314 g/mol. The van der Waals surface area contributed by atoms with Crippen LogP contribution in [0.25, 0.3) is 10.9 Å². The Morgan fingerprint density at radius 3 is 2.68 bits per heavy atom. The van der Waals surface area contributed by atoms with Crippen molar-refractivity contribution in [2.24, 2.45) is 0 Å². The van der Waals surface area contributed by atoms with Crippen LogP contribution in [-0.2, 0) is 11.3 Å². The zero-order valence-corrected chi connectivity index (χ0v) is 15.5. The van der Waals surface area contributed by atoms with Gasteiger partial charge in [-0.3, -0.25) is 14.2 Å². The first kappa shape index (κ1) is 17.2. The van der Waals surface area contributed by atoms with Crippen LogP contribution in [-0.4, -0.2) is 25.5 Å². The van der Waals surface area contributed by atoms with E-state index in [1.165, 1.54) is 5.56 Å². The molecule has 0 atom stereocenters. The predicted molar refractivity (Wildman–Crippen MR) is 99.8 cm³/mol. The fourth-order valence-electron chi connectivity index (χ4n) is 3.11. The maximum Gasteiger partial charge on any atom is 0.226 e. The molecule has 0 aliphatic carbocycles. The molecule has 2 heterocycles. The van der Waals surface area contributed by atoms with E-state index in [9.17, 15) is 4.79 Å². The van der Waals surface area contributed by atoms with Crippen molar-refractivity contribution in [2.75, 3.05) is 5.32 Å². The number of carbonyl (C=O) groups excluding carboxylic acids is 1. The van der Waals surface area contributed by atoms with Gasteiger partial charge in [0.2, 0.25) is 5.91 Å². The van der Waals surface area contributed by atoms with Crippen molar-refractivity contribution < 1.29 is 4.79 Å². The summed E-state index contributed by atoms with van der Waals surface area (Å²) in [5.41, 5.74) is 4.90. The predicted octanol–water partition coefficient (Wildman–Crippen LogP) is 3.77. The summed E-state index contributed by atoms with van der Waals surface area (Å²) in [4.78, 5) is 12.4. The number of hydrogen-bond donors (Lipinski definition) is 1. The largest absolute Gasteiger partial charge is 0.323 e. The highest BCUT2D eigenvalue weighted by Crippen LogP contribution is 2.22. The molecule has 1 N–H and O–H groups in total. The molecule has 0 saturated heterocycles. The van der Waals surface area contributed by atoms with Gasteiger partial charge in [-0.2, -0.15) is 10.2 Å². The lowest BCUT2D eigenvalue weighted by Gasteiger charge is -2.09. The van der Waals surface area contributed by atoms with Gasteiger partial charge >= 0.3 is 0 Å². The smallest absolute Gasteiger partial charge is 0.226 e. The van der Waals surface area contributed by atoms with Crippen LogP contribution in [0.5, 0.6) is 0 Å². The molecule has 132 valence electrons. The summed E-state index contributed by atoms with van der Waals surface area (Å²) < 4.78 is 3.83. The van der Waals surface area contributed by atoms with Crippen LogP contribution >= 0.6 is 0 Å². The maximum absolute atomic E-state index is 12.4. The fraction of sp³-hybridized carbons (Fsp3) is 0.421. The number of anilines is 1. The summed E-state index contributed by atoms with van der Waals surface area (Å²) in [7, 11) is 0. The minimum atomic E-state index is -0.0224. The standard InChI is InChI=1S/C19H25N5O/c1-12(2)24-15(5)19(14(4)22-24)21-18(25)8-9-23-17-10-13(3)6-7-16(17)11-20-23/h6-7,10-12H,8-9H2,1-5H3,(H,21,25). The Labute approximate surface area is 147 Å². The topological polar surface area (TPSA) is 64.7 Å². The summed E-state index contributed by atoms with van der Waals surface area (Å²) in [5, 5.41) is 13.0. The molecule has 0 aliphatic rings. The average Bonchev–Trinajstić information content (AvgIpc) is 3.08. The van der Waals surface area contributed by atoms with E-state index in [0.717, 1.165) is 28.0 Å². The Hall–Kier alpha value is -2.63. The lowest BCUT2D eigenvalue weighted by atomic mass is 10.2. The Morgan fingerprint density at radius 2 is 2.00 bits per heavy atom. The first-order valence-corrected chi connectivity index (χ1v) is 8.64. The minimum absolute atomic E-state index is 0.0224. The minimum Gasteiger partial charge on any atom is -0.323 e. The van der Waals surface area contributed by atoms with Crippen LogP contribution in [0.15, 0.2) is 24.4 Å². The maximum atomic E-state index is 12.4. The van der Waals surface area contributed by atoms with E-state index in [1.807, 2.05) is 29.4 Å². The van der Waals surface area contributed by atoms with Crippen molar-refractivity contribution >= 4 is 22.5 Å². The number of nitrogens with zero attached hydrogens (tertiary/aromatic N) is 4. The number of amides is 1. The van der Waals surface area contributed by atoms with Gasteiger partial charge in [0.25, 0.3) is 0 Å². The third-order valence-corrected chi connectivity index (χ3v) is 4.43. The van der Waals surface area contributed by atoms with E-state index in [2.05, 4.69) is 54.5 Å². The van der Waals surface area contributed by atoms with E-state index in [4.69, 9.17) is 0 Å². The van der Waals surface area contributed by atoms with Gasteiger partial charge in [0.05, 0.1) is 35.3 Å². The second-order valence-electron chi connectivity index (χ2n) is 6.81. The number of nitrogens with one attached hydrogen (secondary N) is 1. The molecule has 3 aromatic rings. The number of fused-ring (bicyclic) bond motifs is 1. The molecule has 0 radical (unpaired) electrons. The van der Waals surface area contributed by atoms with Crippen molar-refractivity contribution in [1.82, 2.24) is 19.6 Å². The lowest BCUT2D eigenvalue weighted by molar-refractivity contribution is -0.116. The molecule has 0 bridgehead atoms. The van der Waals surface area contributed by atoms with Crippen molar-refractivity contribution in [1.29, 1.82) is 0 Å². The molecule has 0 spiro atoms. The van der Waals surface area contributed by atoms with Crippen LogP contribution in [0.4, 0.5) is 5.69 Å². The summed E-state index contributed by atoms with van der Waals surface area (Å²) in [6, 6.07) is 6.49. The molecular formula is C19H25N5O. The molecule has 0 saturated carbocycles. The lowest BCUT2D eigenvalue weighted by Crippen LogP contribution is -2.16. The van der Waals surface area contributed by atoms with Gasteiger partial charge in [-0.15, -0.1) is 0 Å². The van der Waals surface area contributed by atoms with Crippen LogP contribution in [0, 0.1) is 20.8 Å². The molecule has 3 rings (SSSR count). The molecule has 25 heavy (non-hydrogen) atoms. The molecule has 0 fully saturated rings. The molecule has 2 aromatic heterocycles. The quantitative estimate of drug-likeness (QED) is 0.769. The number of hydrogen-bond acceptors (Lipinski definition) is 3. The third kappa shape index (κ3) is 3.43. The van der Waals surface area contributed by atoms with Crippen molar-refractivity contribution in [3.63, 3.8) is 0 Å². The van der Waals surface area contributed by atoms with Gasteiger partial charge in [-0.05, 0) is 46.2 Å². The summed E-state index contributed by atoms with van der Waals surface area (Å²) in [6.07, 6.45) is 2.21. The molecule has 0 aliphatic heterocycles. The molecule has 6 nitrogen and oxygen atoms in total. The number of carbonyl (C=O) groups is 1. The summed E-state index contributed by atoms with van der Waals surface area (Å²) in [5.74, 6) is -0.0224. The first-order valence-electron chi connectivity index (χ1n) is 8.64. The summed E-state index contributed by atoms with van der Waals surface area (Å²) in [6.45, 7) is 10.7. The molecule has 1 amide bonds. The zero-order chi connectivity index (χ0) is 18.1. The highest BCUT2D eigenvalue weighted by atomic mass is 16.1. The summed E-state index contributed by atoms with van der Waals surface area (Å²) >= 11 is 0. The third-order valence-electron chi connectivity index (χ3n) is 4.43. The normalized spacial score (nSPS) is 11.4. The van der Waals surface area contributed by atoms with Gasteiger partial charge in [0, 0.05) is 17.8 Å². The van der Waals surface area contributed by atoms with Gasteiger partial charge < -0.3 is 5.32 Å². The van der Waals surface area contributed by atoms with Crippen molar-refractivity contribution in [2.45, 2.75) is 53.6 Å². The molecule has 6 heteroatoms. The van der Waals surface area contributed by atoms with E-state index in [1.54, 1.807) is 0 Å². The van der Waals surface area contributed by atoms with Crippen molar-refractivity contribution in [3.05, 3.63) is 41.3 Å². The van der Waals surface area contributed by atoms with Gasteiger partial charge in [0.1, 0.15) is 0 Å². The van der Waals surface area contributed by atoms with Crippen LogP contribution in [0.1, 0.15) is 43.3 Å². The monoisotopic (exact) mass is 339 g/mol. The zero-order valence-electron chi connectivity index (χ0n) is 15.5. The Kier molecular flexibility index (Phi) is 4.61. The van der Waals surface area contributed by atoms with Gasteiger partial charge in [-0.25, -0.2) is 0 Å². The Balaban J connectivity index is 1.70. The first-order chi connectivity index (χ1) is 11.9. The SMILES string of the molecule is Cc1ccc2cnn(CCC(=O)Nc3c(C)nn(C(C)C)c3C)c2c1. The van der Waals surface area contributed by atoms with Crippen LogP contribution in [0.3, 0.4) is 0 Å². The number of rotatable bonds is 5. The number of aryl methyl sites for hydroxylation is 3. The van der Waals surface area contributed by atoms with Crippen LogP contribution < -0.4 is 5.32 Å². The van der Waals surface area contributed by atoms with Gasteiger partial charge in [0.15, 0.2) is 0 Å². The van der Waals surface area contributed by atoms with E-state index >= 15 is 0 Å². The molecule has 0 unspecified atom stereocenters. The van der Waals surface area contributed by atoms with Gasteiger partial charge in [-0.1, -0.05) is 12.1 Å². The van der Waals surface area contributed by atoms with E-state index in [0.29, 0.717) is 13.0 Å². The highest BCUT2D eigenvalue weighted by molar-refractivity contribution is 5.92. The van der Waals surface area contributed by atoms with Crippen molar-refractivity contribution in [3.8, 4) is 0 Å². The number of aromatic nitrogens is 4. The fourth-order valence-corrected chi connectivity index (χ4v) is 3.11. The average molecular weight is 339 g/mol.